The Morgan fingerprint density at radius 1 is 1.21 bits per heavy atom. The SMILES string of the molecule is CC1=CC2C(C(C)C1=O)C1C=CC2(C)C(=O)C1(C)O. The summed E-state index contributed by atoms with van der Waals surface area (Å²) < 4.78 is 0. The fraction of sp³-hybridized carbons (Fsp3) is 0.625. The van der Waals surface area contributed by atoms with Crippen molar-refractivity contribution in [3.8, 4) is 0 Å². The first-order chi connectivity index (χ1) is 8.71. The largest absolute Gasteiger partial charge is 0.382 e. The average Bonchev–Trinajstić information content (AvgIpc) is 2.34. The molecule has 0 aromatic carbocycles. The van der Waals surface area contributed by atoms with Gasteiger partial charge >= 0.3 is 0 Å². The first-order valence-corrected chi connectivity index (χ1v) is 6.90. The van der Waals surface area contributed by atoms with E-state index in [2.05, 4.69) is 0 Å². The second kappa shape index (κ2) is 3.45. The molecule has 4 aliphatic carbocycles. The van der Waals surface area contributed by atoms with E-state index in [-0.39, 0.29) is 35.2 Å². The van der Waals surface area contributed by atoms with Crippen LogP contribution in [0, 0.1) is 29.1 Å². The maximum absolute atomic E-state index is 12.6. The van der Waals surface area contributed by atoms with Crippen molar-refractivity contribution < 1.29 is 14.7 Å². The van der Waals surface area contributed by atoms with Gasteiger partial charge in [0.25, 0.3) is 0 Å². The monoisotopic (exact) mass is 260 g/mol. The van der Waals surface area contributed by atoms with Gasteiger partial charge in [-0.25, -0.2) is 0 Å². The molecule has 0 amide bonds. The summed E-state index contributed by atoms with van der Waals surface area (Å²) in [7, 11) is 0. The number of carbonyl (C=O) groups excluding carboxylic acids is 2. The van der Waals surface area contributed by atoms with Crippen LogP contribution < -0.4 is 0 Å². The standard InChI is InChI=1S/C16H20O3/c1-8-7-11-12(9(2)13(8)17)10-5-6-15(11,3)14(18)16(10,4)19/h5-7,9-12,19H,1-4H3. The highest BCUT2D eigenvalue weighted by Gasteiger charge is 2.64. The molecule has 0 aromatic rings. The summed E-state index contributed by atoms with van der Waals surface area (Å²) in [4.78, 5) is 24.8. The third kappa shape index (κ3) is 1.32. The number of hydrogen-bond donors (Lipinski definition) is 1. The lowest BCUT2D eigenvalue weighted by Gasteiger charge is -2.58. The van der Waals surface area contributed by atoms with Crippen molar-refractivity contribution in [1.29, 1.82) is 0 Å². The smallest absolute Gasteiger partial charge is 0.174 e. The highest BCUT2D eigenvalue weighted by atomic mass is 16.3. The maximum Gasteiger partial charge on any atom is 0.174 e. The molecular formula is C16H20O3. The molecule has 19 heavy (non-hydrogen) atoms. The van der Waals surface area contributed by atoms with Crippen LogP contribution in [0.1, 0.15) is 27.7 Å². The van der Waals surface area contributed by atoms with E-state index in [1.165, 1.54) is 0 Å². The van der Waals surface area contributed by atoms with Gasteiger partial charge in [-0.15, -0.1) is 0 Å². The molecule has 0 heterocycles. The molecule has 102 valence electrons. The molecule has 1 saturated carbocycles. The second-order valence-corrected chi connectivity index (χ2v) is 6.75. The third-order valence-corrected chi connectivity index (χ3v) is 5.58. The predicted octanol–water partition coefficient (Wildman–Crippen LogP) is 1.91. The van der Waals surface area contributed by atoms with Gasteiger partial charge in [-0.1, -0.05) is 25.2 Å². The zero-order chi connectivity index (χ0) is 14.2. The number of fused-ring (bicyclic) bond motifs is 1. The molecule has 0 saturated heterocycles. The molecular weight excluding hydrogens is 240 g/mol. The Hall–Kier alpha value is -1.22. The maximum atomic E-state index is 12.6. The van der Waals surface area contributed by atoms with Gasteiger partial charge in [0.1, 0.15) is 5.60 Å². The Balaban J connectivity index is 2.22. The van der Waals surface area contributed by atoms with E-state index < -0.39 is 11.0 Å². The Labute approximate surface area is 113 Å². The normalized spacial score (nSPS) is 52.2. The van der Waals surface area contributed by atoms with Gasteiger partial charge < -0.3 is 5.11 Å². The van der Waals surface area contributed by atoms with E-state index in [1.807, 2.05) is 39.0 Å². The first-order valence-electron chi connectivity index (χ1n) is 6.90. The molecule has 4 aliphatic rings. The lowest BCUT2D eigenvalue weighted by Crippen LogP contribution is -2.65. The third-order valence-electron chi connectivity index (χ3n) is 5.58. The lowest BCUT2D eigenvalue weighted by atomic mass is 9.45. The minimum atomic E-state index is -1.35. The second-order valence-electron chi connectivity index (χ2n) is 6.75. The summed E-state index contributed by atoms with van der Waals surface area (Å²) in [5, 5.41) is 10.6. The summed E-state index contributed by atoms with van der Waals surface area (Å²) in [6.45, 7) is 7.24. The van der Waals surface area contributed by atoms with Crippen LogP contribution in [0.3, 0.4) is 0 Å². The molecule has 4 rings (SSSR count). The van der Waals surface area contributed by atoms with Crippen LogP contribution in [0.15, 0.2) is 23.8 Å². The number of Topliss-reactive ketones (excluding diaryl/α,β-unsaturated/α-hetero) is 2. The Kier molecular flexibility index (Phi) is 2.33. The minimum absolute atomic E-state index is 0.0268. The van der Waals surface area contributed by atoms with E-state index in [0.29, 0.717) is 0 Å². The van der Waals surface area contributed by atoms with Crippen LogP contribution in [0.25, 0.3) is 0 Å². The van der Waals surface area contributed by atoms with E-state index in [4.69, 9.17) is 0 Å². The summed E-state index contributed by atoms with van der Waals surface area (Å²) in [6.07, 6.45) is 5.84. The van der Waals surface area contributed by atoms with Crippen LogP contribution in [-0.4, -0.2) is 22.3 Å². The highest BCUT2D eigenvalue weighted by molar-refractivity contribution is 6.01. The quantitative estimate of drug-likeness (QED) is 0.677. The number of carbonyl (C=O) groups is 2. The molecule has 0 radical (unpaired) electrons. The van der Waals surface area contributed by atoms with E-state index >= 15 is 0 Å². The Morgan fingerprint density at radius 2 is 1.84 bits per heavy atom. The fourth-order valence-corrected chi connectivity index (χ4v) is 4.44. The summed E-state index contributed by atoms with van der Waals surface area (Å²) in [5.41, 5.74) is -1.28. The molecule has 0 aromatic heterocycles. The highest BCUT2D eigenvalue weighted by Crippen LogP contribution is 2.58. The summed E-state index contributed by atoms with van der Waals surface area (Å²) in [6, 6.07) is 0. The molecule has 0 spiro atoms. The molecule has 2 bridgehead atoms. The van der Waals surface area contributed by atoms with Crippen molar-refractivity contribution in [3.05, 3.63) is 23.8 Å². The zero-order valence-corrected chi connectivity index (χ0v) is 11.8. The van der Waals surface area contributed by atoms with Crippen molar-refractivity contribution in [1.82, 2.24) is 0 Å². The van der Waals surface area contributed by atoms with Crippen LogP contribution >= 0.6 is 0 Å². The molecule has 0 aliphatic heterocycles. The van der Waals surface area contributed by atoms with Crippen LogP contribution in [-0.2, 0) is 9.59 Å². The van der Waals surface area contributed by atoms with Gasteiger partial charge in [0.05, 0.1) is 5.41 Å². The zero-order valence-electron chi connectivity index (χ0n) is 11.8. The predicted molar refractivity (Wildman–Crippen MR) is 71.3 cm³/mol. The van der Waals surface area contributed by atoms with Crippen molar-refractivity contribution in [3.63, 3.8) is 0 Å². The minimum Gasteiger partial charge on any atom is -0.382 e. The average molecular weight is 260 g/mol. The molecule has 1 fully saturated rings. The van der Waals surface area contributed by atoms with E-state index in [0.717, 1.165) is 5.57 Å². The topological polar surface area (TPSA) is 54.4 Å². The Morgan fingerprint density at radius 3 is 2.47 bits per heavy atom. The van der Waals surface area contributed by atoms with Gasteiger partial charge in [0.15, 0.2) is 11.6 Å². The van der Waals surface area contributed by atoms with Gasteiger partial charge in [0, 0.05) is 11.8 Å². The molecule has 1 N–H and O–H groups in total. The number of hydrogen-bond acceptors (Lipinski definition) is 3. The van der Waals surface area contributed by atoms with E-state index in [9.17, 15) is 14.7 Å². The fourth-order valence-electron chi connectivity index (χ4n) is 4.44. The number of rotatable bonds is 0. The number of aliphatic hydroxyl groups is 1. The van der Waals surface area contributed by atoms with Gasteiger partial charge in [0.2, 0.25) is 0 Å². The number of ketones is 2. The van der Waals surface area contributed by atoms with Crippen molar-refractivity contribution in [2.45, 2.75) is 33.3 Å². The molecule has 3 nitrogen and oxygen atoms in total. The van der Waals surface area contributed by atoms with Gasteiger partial charge in [-0.3, -0.25) is 9.59 Å². The lowest BCUT2D eigenvalue weighted by molar-refractivity contribution is -0.170. The number of allylic oxidation sites excluding steroid dienone is 3. The van der Waals surface area contributed by atoms with Gasteiger partial charge in [-0.2, -0.15) is 0 Å². The van der Waals surface area contributed by atoms with Crippen LogP contribution in [0.5, 0.6) is 0 Å². The molecule has 6 unspecified atom stereocenters. The first kappa shape index (κ1) is 12.8. The Bertz CT molecular complexity index is 540. The van der Waals surface area contributed by atoms with Crippen LogP contribution in [0.4, 0.5) is 0 Å². The van der Waals surface area contributed by atoms with Crippen molar-refractivity contribution in [2.75, 3.05) is 0 Å². The summed E-state index contributed by atoms with van der Waals surface area (Å²) in [5.74, 6) is -0.297. The van der Waals surface area contributed by atoms with Crippen molar-refractivity contribution >= 4 is 11.6 Å². The molecule has 3 heteroatoms. The summed E-state index contributed by atoms with van der Waals surface area (Å²) >= 11 is 0. The van der Waals surface area contributed by atoms with Gasteiger partial charge in [-0.05, 0) is 38.2 Å². The van der Waals surface area contributed by atoms with Crippen molar-refractivity contribution in [2.24, 2.45) is 29.1 Å². The van der Waals surface area contributed by atoms with E-state index in [1.54, 1.807) is 6.92 Å². The van der Waals surface area contributed by atoms with Crippen LogP contribution in [0.2, 0.25) is 0 Å². The molecule has 6 atom stereocenters.